The maximum atomic E-state index is 13.2. The molecule has 0 radical (unpaired) electrons. The SMILES string of the molecule is CNc1nc(Nc2ccc3c(c2)CN(C2CN(c4ccc5c(c4)C(=O)N(C(C)C(=O)NC(C)=O)C5=O)C2)CC3)ncc1C(N)=Nc1c(C)cccc1C. The number of anilines is 4. The summed E-state index contributed by atoms with van der Waals surface area (Å²) in [6, 6.07) is 16.8. The fourth-order valence-corrected chi connectivity index (χ4v) is 7.17. The van der Waals surface area contributed by atoms with Crippen LogP contribution in [0, 0.1) is 13.8 Å². The summed E-state index contributed by atoms with van der Waals surface area (Å²) in [5, 5.41) is 8.63. The number of benzene rings is 3. The standard InChI is InChI=1S/C39H42N10O4/c1-21-7-6-8-22(2)33(21)45-34(40)32-17-42-39(46-35(32)41-5)44-27-10-9-25-13-14-47(18-26(25)15-27)29-19-48(20-29)28-11-12-30-31(16-28)38(53)49(37(30)52)23(3)36(51)43-24(4)50/h6-12,15-17,23,29H,13-14,18-20H2,1-5H3,(H2,40,45)(H,43,50,51)(H2,41,42,44,46). The van der Waals surface area contributed by atoms with Crippen molar-refractivity contribution in [3.8, 4) is 0 Å². The van der Waals surface area contributed by atoms with E-state index < -0.39 is 29.7 Å². The van der Waals surface area contributed by atoms with Crippen LogP contribution >= 0.6 is 0 Å². The van der Waals surface area contributed by atoms with Gasteiger partial charge in [-0.2, -0.15) is 4.98 Å². The lowest BCUT2D eigenvalue weighted by atomic mass is 9.95. The third kappa shape index (κ3) is 6.80. The van der Waals surface area contributed by atoms with Crippen LogP contribution in [-0.2, 0) is 22.6 Å². The van der Waals surface area contributed by atoms with Gasteiger partial charge in [-0.05, 0) is 79.8 Å². The summed E-state index contributed by atoms with van der Waals surface area (Å²) in [5.74, 6) is -1.00. The van der Waals surface area contributed by atoms with Crippen LogP contribution < -0.4 is 26.6 Å². The number of hydrogen-bond acceptors (Lipinski definition) is 11. The van der Waals surface area contributed by atoms with Crippen molar-refractivity contribution < 1.29 is 19.2 Å². The fraction of sp³-hybridized carbons (Fsp3) is 0.308. The lowest BCUT2D eigenvalue weighted by Crippen LogP contribution is -2.60. The molecule has 0 bridgehead atoms. The molecule has 1 fully saturated rings. The number of amides is 4. The topological polar surface area (TPSA) is 178 Å². The van der Waals surface area contributed by atoms with Gasteiger partial charge in [-0.25, -0.2) is 9.98 Å². The van der Waals surface area contributed by atoms with E-state index in [1.165, 1.54) is 25.0 Å². The van der Waals surface area contributed by atoms with E-state index in [0.29, 0.717) is 29.2 Å². The fourth-order valence-electron chi connectivity index (χ4n) is 7.17. The first-order valence-corrected chi connectivity index (χ1v) is 17.6. The van der Waals surface area contributed by atoms with Gasteiger partial charge in [0.05, 0.1) is 22.4 Å². The van der Waals surface area contributed by atoms with Gasteiger partial charge in [0.1, 0.15) is 17.7 Å². The van der Waals surface area contributed by atoms with Gasteiger partial charge < -0.3 is 21.3 Å². The number of aryl methyl sites for hydroxylation is 2. The first kappa shape index (κ1) is 35.3. The average Bonchev–Trinajstić information content (AvgIpc) is 3.36. The highest BCUT2D eigenvalue weighted by Gasteiger charge is 2.42. The Bertz CT molecular complexity index is 2170. The Labute approximate surface area is 307 Å². The summed E-state index contributed by atoms with van der Waals surface area (Å²) in [5.41, 5.74) is 14.7. The molecule has 0 spiro atoms. The van der Waals surface area contributed by atoms with Crippen molar-refractivity contribution in [2.24, 2.45) is 10.7 Å². The molecule has 1 aromatic heterocycles. The summed E-state index contributed by atoms with van der Waals surface area (Å²) in [7, 11) is 1.79. The number of hydrogen-bond donors (Lipinski definition) is 4. The lowest BCUT2D eigenvalue weighted by molar-refractivity contribution is -0.131. The van der Waals surface area contributed by atoms with E-state index in [1.54, 1.807) is 25.4 Å². The van der Waals surface area contributed by atoms with Crippen LogP contribution in [0.4, 0.5) is 28.8 Å². The first-order chi connectivity index (χ1) is 25.4. The number of carbonyl (C=O) groups is 4. The maximum Gasteiger partial charge on any atom is 0.262 e. The largest absolute Gasteiger partial charge is 0.383 e. The number of aromatic nitrogens is 2. The van der Waals surface area contributed by atoms with Gasteiger partial charge in [-0.15, -0.1) is 0 Å². The third-order valence-electron chi connectivity index (χ3n) is 10.2. The lowest BCUT2D eigenvalue weighted by Gasteiger charge is -2.48. The monoisotopic (exact) mass is 714 g/mol. The minimum Gasteiger partial charge on any atom is -0.383 e. The first-order valence-electron chi connectivity index (χ1n) is 17.6. The molecule has 0 aliphatic carbocycles. The number of nitrogens with zero attached hydrogens (tertiary/aromatic N) is 6. The van der Waals surface area contributed by atoms with Crippen molar-refractivity contribution in [2.75, 3.05) is 42.2 Å². The molecular formula is C39H42N10O4. The van der Waals surface area contributed by atoms with Crippen molar-refractivity contribution in [1.29, 1.82) is 0 Å². The van der Waals surface area contributed by atoms with E-state index in [4.69, 9.17) is 10.7 Å². The van der Waals surface area contributed by atoms with Crippen molar-refractivity contribution in [1.82, 2.24) is 25.1 Å². The quantitative estimate of drug-likeness (QED) is 0.113. The number of nitrogens with two attached hydrogens (primary N) is 1. The van der Waals surface area contributed by atoms with Crippen LogP contribution in [0.25, 0.3) is 0 Å². The summed E-state index contributed by atoms with van der Waals surface area (Å²) in [4.78, 5) is 69.5. The number of fused-ring (bicyclic) bond motifs is 2. The highest BCUT2D eigenvalue weighted by Crippen LogP contribution is 2.34. The molecule has 4 amide bonds. The van der Waals surface area contributed by atoms with E-state index in [9.17, 15) is 19.2 Å². The second-order valence-corrected chi connectivity index (χ2v) is 13.8. The maximum absolute atomic E-state index is 13.2. The Morgan fingerprint density at radius 3 is 2.43 bits per heavy atom. The van der Waals surface area contributed by atoms with E-state index in [-0.39, 0.29) is 11.1 Å². The molecule has 5 N–H and O–H groups in total. The van der Waals surface area contributed by atoms with Gasteiger partial charge in [-0.1, -0.05) is 24.3 Å². The van der Waals surface area contributed by atoms with Gasteiger partial charge in [0, 0.05) is 63.8 Å². The van der Waals surface area contributed by atoms with Gasteiger partial charge in [-0.3, -0.25) is 34.3 Å². The average molecular weight is 715 g/mol. The van der Waals surface area contributed by atoms with Gasteiger partial charge in [0.2, 0.25) is 17.8 Å². The van der Waals surface area contributed by atoms with Crippen molar-refractivity contribution in [2.45, 2.75) is 52.7 Å². The van der Waals surface area contributed by atoms with Gasteiger partial charge in [0.25, 0.3) is 11.8 Å². The Morgan fingerprint density at radius 1 is 0.981 bits per heavy atom. The van der Waals surface area contributed by atoms with E-state index >= 15 is 0 Å². The molecule has 1 unspecified atom stereocenters. The highest BCUT2D eigenvalue weighted by atomic mass is 16.2. The number of amidine groups is 1. The summed E-state index contributed by atoms with van der Waals surface area (Å²) in [6.07, 6.45) is 2.61. The van der Waals surface area contributed by atoms with Gasteiger partial charge in [0.15, 0.2) is 0 Å². The molecule has 3 aliphatic rings. The Morgan fingerprint density at radius 2 is 1.72 bits per heavy atom. The van der Waals surface area contributed by atoms with Crippen molar-refractivity contribution in [3.05, 3.63) is 99.7 Å². The molecular weight excluding hydrogens is 672 g/mol. The molecule has 272 valence electrons. The number of rotatable bonds is 9. The highest BCUT2D eigenvalue weighted by molar-refractivity contribution is 6.23. The van der Waals surface area contributed by atoms with Crippen molar-refractivity contribution in [3.63, 3.8) is 0 Å². The summed E-state index contributed by atoms with van der Waals surface area (Å²) >= 11 is 0. The van der Waals surface area contributed by atoms with Crippen LogP contribution in [0.1, 0.15) is 62.4 Å². The predicted octanol–water partition coefficient (Wildman–Crippen LogP) is 3.81. The van der Waals surface area contributed by atoms with Crippen LogP contribution in [0.2, 0.25) is 0 Å². The van der Waals surface area contributed by atoms with E-state index in [1.807, 2.05) is 44.2 Å². The number of carbonyl (C=O) groups excluding carboxylic acids is 4. The molecule has 14 nitrogen and oxygen atoms in total. The van der Waals surface area contributed by atoms with Crippen LogP contribution in [0.15, 0.2) is 65.8 Å². The number of imide groups is 2. The number of para-hydroxylation sites is 1. The van der Waals surface area contributed by atoms with E-state index in [0.717, 1.165) is 65.7 Å². The molecule has 7 rings (SSSR count). The zero-order valence-corrected chi connectivity index (χ0v) is 30.4. The molecule has 4 aromatic rings. The normalized spacial score (nSPS) is 16.5. The zero-order chi connectivity index (χ0) is 37.6. The van der Waals surface area contributed by atoms with Crippen LogP contribution in [-0.4, -0.2) is 88.0 Å². The summed E-state index contributed by atoms with van der Waals surface area (Å²) in [6.45, 7) is 9.93. The molecule has 1 saturated heterocycles. The Kier molecular flexibility index (Phi) is 9.39. The smallest absolute Gasteiger partial charge is 0.262 e. The second-order valence-electron chi connectivity index (χ2n) is 13.8. The van der Waals surface area contributed by atoms with E-state index in [2.05, 4.69) is 47.9 Å². The summed E-state index contributed by atoms with van der Waals surface area (Å²) < 4.78 is 0. The van der Waals surface area contributed by atoms with Gasteiger partial charge >= 0.3 is 0 Å². The molecule has 53 heavy (non-hydrogen) atoms. The predicted molar refractivity (Wildman–Crippen MR) is 203 cm³/mol. The molecule has 1 atom stereocenters. The van der Waals surface area contributed by atoms with Crippen LogP contribution in [0.5, 0.6) is 0 Å². The Hall–Kier alpha value is -6.15. The molecule has 4 heterocycles. The number of nitrogens with one attached hydrogen (secondary N) is 3. The van der Waals surface area contributed by atoms with Crippen LogP contribution in [0.3, 0.4) is 0 Å². The minimum atomic E-state index is -1.11. The minimum absolute atomic E-state index is 0.255. The number of aliphatic imine (C=N–C) groups is 1. The Balaban J connectivity index is 0.991. The molecule has 0 saturated carbocycles. The molecule has 14 heteroatoms. The second kappa shape index (κ2) is 14.1. The zero-order valence-electron chi connectivity index (χ0n) is 30.4. The molecule has 3 aromatic carbocycles. The van der Waals surface area contributed by atoms with Crippen molar-refractivity contribution >= 4 is 58.3 Å². The third-order valence-corrected chi connectivity index (χ3v) is 10.2. The molecule has 3 aliphatic heterocycles.